The van der Waals surface area contributed by atoms with Gasteiger partial charge in [-0.05, 0) is 61.9 Å². The monoisotopic (exact) mass is 508 g/mol. The van der Waals surface area contributed by atoms with E-state index in [1.54, 1.807) is 24.8 Å². The first-order valence-electron chi connectivity index (χ1n) is 12.6. The number of hydrogen-bond donors (Lipinski definition) is 0. The number of piperidine rings is 1. The lowest BCUT2D eigenvalue weighted by Crippen LogP contribution is -2.38. The van der Waals surface area contributed by atoms with Crippen LogP contribution in [0.25, 0.3) is 0 Å². The Labute approximate surface area is 217 Å². The molecule has 36 heavy (non-hydrogen) atoms. The maximum Gasteiger partial charge on any atom is 0.336 e. The molecule has 190 valence electrons. The molecule has 2 aromatic carbocycles. The molecule has 7 heteroatoms. The van der Waals surface area contributed by atoms with E-state index >= 15 is 0 Å². The van der Waals surface area contributed by atoms with Gasteiger partial charge in [0, 0.05) is 41.7 Å². The molecule has 0 aromatic heterocycles. The Balaban J connectivity index is 1.63. The van der Waals surface area contributed by atoms with Gasteiger partial charge in [0.15, 0.2) is 0 Å². The molecule has 2 amide bonds. The standard InChI is InChI=1S/C29H33ClN2O4/c1-4-36-29(35)27-20(3)32(26(33)17-24(27)23-10-5-6-11-25(23)30)18-21-8-7-9-22(16-21)28(34)31-14-12-19(2)13-15-31/h5-11,16,19,24H,4,12-15,17-18H2,1-3H3. The largest absolute Gasteiger partial charge is 0.463 e. The van der Waals surface area contributed by atoms with E-state index in [-0.39, 0.29) is 31.4 Å². The molecule has 0 spiro atoms. The number of carbonyl (C=O) groups excluding carboxylic acids is 3. The molecular formula is C29H33ClN2O4. The number of esters is 1. The zero-order chi connectivity index (χ0) is 25.8. The van der Waals surface area contributed by atoms with Crippen LogP contribution in [0, 0.1) is 5.92 Å². The summed E-state index contributed by atoms with van der Waals surface area (Å²) in [7, 11) is 0. The predicted octanol–water partition coefficient (Wildman–Crippen LogP) is 5.57. The van der Waals surface area contributed by atoms with Crippen LogP contribution in [0.1, 0.15) is 67.4 Å². The van der Waals surface area contributed by atoms with Gasteiger partial charge >= 0.3 is 5.97 Å². The molecule has 0 saturated carbocycles. The predicted molar refractivity (Wildman–Crippen MR) is 139 cm³/mol. The number of nitrogens with zero attached hydrogens (tertiary/aromatic N) is 2. The minimum atomic E-state index is -0.476. The summed E-state index contributed by atoms with van der Waals surface area (Å²) in [5.41, 5.74) is 3.18. The quantitative estimate of drug-likeness (QED) is 0.479. The van der Waals surface area contributed by atoms with E-state index in [1.807, 2.05) is 47.4 Å². The van der Waals surface area contributed by atoms with Crippen molar-refractivity contribution in [2.45, 2.75) is 52.5 Å². The highest BCUT2D eigenvalue weighted by Crippen LogP contribution is 2.40. The van der Waals surface area contributed by atoms with Gasteiger partial charge in [-0.25, -0.2) is 4.79 Å². The van der Waals surface area contributed by atoms with Crippen molar-refractivity contribution in [1.82, 2.24) is 9.80 Å². The summed E-state index contributed by atoms with van der Waals surface area (Å²) in [6.45, 7) is 7.78. The number of carbonyl (C=O) groups is 3. The Morgan fingerprint density at radius 3 is 2.50 bits per heavy atom. The normalized spacial score (nSPS) is 19.0. The van der Waals surface area contributed by atoms with Crippen molar-refractivity contribution in [1.29, 1.82) is 0 Å². The Morgan fingerprint density at radius 1 is 1.08 bits per heavy atom. The molecule has 0 radical (unpaired) electrons. The first-order chi connectivity index (χ1) is 17.3. The average molecular weight is 509 g/mol. The number of rotatable bonds is 6. The second-order valence-electron chi connectivity index (χ2n) is 9.65. The van der Waals surface area contributed by atoms with Gasteiger partial charge in [-0.3, -0.25) is 9.59 Å². The van der Waals surface area contributed by atoms with Crippen molar-refractivity contribution in [3.8, 4) is 0 Å². The van der Waals surface area contributed by atoms with E-state index in [0.717, 1.165) is 37.1 Å². The van der Waals surface area contributed by atoms with Crippen LogP contribution in [-0.4, -0.2) is 47.3 Å². The number of halogens is 1. The van der Waals surface area contributed by atoms with E-state index in [1.165, 1.54) is 0 Å². The number of benzene rings is 2. The van der Waals surface area contributed by atoms with Gasteiger partial charge in [0.1, 0.15) is 0 Å². The van der Waals surface area contributed by atoms with Crippen molar-refractivity contribution >= 4 is 29.4 Å². The van der Waals surface area contributed by atoms with E-state index in [9.17, 15) is 14.4 Å². The second-order valence-corrected chi connectivity index (χ2v) is 10.1. The van der Waals surface area contributed by atoms with Crippen LogP contribution in [0.3, 0.4) is 0 Å². The zero-order valence-electron chi connectivity index (χ0n) is 21.1. The molecule has 0 bridgehead atoms. The second kappa shape index (κ2) is 11.3. The van der Waals surface area contributed by atoms with Gasteiger partial charge < -0.3 is 14.5 Å². The van der Waals surface area contributed by atoms with Crippen LogP contribution in [0.5, 0.6) is 0 Å². The fourth-order valence-corrected chi connectivity index (χ4v) is 5.35. The van der Waals surface area contributed by atoms with E-state index in [4.69, 9.17) is 16.3 Å². The summed E-state index contributed by atoms with van der Waals surface area (Å²) in [5, 5.41) is 0.511. The highest BCUT2D eigenvalue weighted by molar-refractivity contribution is 6.31. The number of ether oxygens (including phenoxy) is 1. The number of hydrogen-bond acceptors (Lipinski definition) is 4. The Bertz CT molecular complexity index is 1180. The maximum absolute atomic E-state index is 13.3. The first kappa shape index (κ1) is 26.0. The lowest BCUT2D eigenvalue weighted by atomic mass is 9.83. The summed E-state index contributed by atoms with van der Waals surface area (Å²) >= 11 is 6.45. The molecule has 2 aromatic rings. The smallest absolute Gasteiger partial charge is 0.336 e. The summed E-state index contributed by atoms with van der Waals surface area (Å²) in [6, 6.07) is 14.7. The number of amides is 2. The van der Waals surface area contributed by atoms with Crippen LogP contribution in [0.4, 0.5) is 0 Å². The molecule has 0 aliphatic carbocycles. The molecule has 1 unspecified atom stereocenters. The van der Waals surface area contributed by atoms with Crippen molar-refractivity contribution in [3.05, 3.63) is 81.5 Å². The third-order valence-electron chi connectivity index (χ3n) is 7.18. The fourth-order valence-electron chi connectivity index (χ4n) is 5.08. The number of likely N-dealkylation sites (tertiary alicyclic amines) is 1. The van der Waals surface area contributed by atoms with Gasteiger partial charge in [-0.15, -0.1) is 0 Å². The molecule has 2 aliphatic rings. The fraction of sp³-hybridized carbons (Fsp3) is 0.414. The third-order valence-corrected chi connectivity index (χ3v) is 7.53. The highest BCUT2D eigenvalue weighted by atomic mass is 35.5. The number of allylic oxidation sites excluding steroid dienone is 1. The third kappa shape index (κ3) is 5.49. The van der Waals surface area contributed by atoms with Crippen LogP contribution >= 0.6 is 11.6 Å². The first-order valence-corrected chi connectivity index (χ1v) is 13.0. The van der Waals surface area contributed by atoms with Crippen LogP contribution < -0.4 is 0 Å². The van der Waals surface area contributed by atoms with Gasteiger partial charge in [-0.1, -0.05) is 48.9 Å². The van der Waals surface area contributed by atoms with Crippen molar-refractivity contribution in [2.24, 2.45) is 5.92 Å². The molecule has 4 rings (SSSR count). The minimum Gasteiger partial charge on any atom is -0.463 e. The average Bonchev–Trinajstić information content (AvgIpc) is 2.87. The molecule has 1 fully saturated rings. The lowest BCUT2D eigenvalue weighted by molar-refractivity contribution is -0.140. The summed E-state index contributed by atoms with van der Waals surface area (Å²) in [4.78, 5) is 43.0. The molecule has 2 aliphatic heterocycles. The summed E-state index contributed by atoms with van der Waals surface area (Å²) < 4.78 is 5.37. The van der Waals surface area contributed by atoms with Crippen LogP contribution in [-0.2, 0) is 20.9 Å². The topological polar surface area (TPSA) is 66.9 Å². The summed E-state index contributed by atoms with van der Waals surface area (Å²) in [5.74, 6) is -0.362. The van der Waals surface area contributed by atoms with Gasteiger partial charge in [0.05, 0.1) is 18.7 Å². The molecule has 6 nitrogen and oxygen atoms in total. The molecular weight excluding hydrogens is 476 g/mol. The molecule has 1 saturated heterocycles. The lowest BCUT2D eigenvalue weighted by Gasteiger charge is -2.35. The molecule has 2 heterocycles. The zero-order valence-corrected chi connectivity index (χ0v) is 21.9. The molecule has 1 atom stereocenters. The van der Waals surface area contributed by atoms with Gasteiger partial charge in [0.2, 0.25) is 5.91 Å². The maximum atomic E-state index is 13.3. The molecule has 0 N–H and O–H groups in total. The summed E-state index contributed by atoms with van der Waals surface area (Å²) in [6.07, 6.45) is 2.14. The van der Waals surface area contributed by atoms with Crippen LogP contribution in [0.2, 0.25) is 5.02 Å². The van der Waals surface area contributed by atoms with Crippen molar-refractivity contribution in [3.63, 3.8) is 0 Å². The Morgan fingerprint density at radius 2 is 1.81 bits per heavy atom. The van der Waals surface area contributed by atoms with Crippen LogP contribution in [0.15, 0.2) is 59.8 Å². The highest BCUT2D eigenvalue weighted by Gasteiger charge is 2.37. The van der Waals surface area contributed by atoms with Gasteiger partial charge in [0.25, 0.3) is 5.91 Å². The Hall–Kier alpha value is -3.12. The SMILES string of the molecule is CCOC(=O)C1=C(C)N(Cc2cccc(C(=O)N3CCC(C)CC3)c2)C(=O)CC1c1ccccc1Cl. The van der Waals surface area contributed by atoms with E-state index in [2.05, 4.69) is 6.92 Å². The van der Waals surface area contributed by atoms with Crippen molar-refractivity contribution in [2.75, 3.05) is 19.7 Å². The van der Waals surface area contributed by atoms with Crippen molar-refractivity contribution < 1.29 is 19.1 Å². The van der Waals surface area contributed by atoms with E-state index < -0.39 is 11.9 Å². The van der Waals surface area contributed by atoms with Gasteiger partial charge in [-0.2, -0.15) is 0 Å². The van der Waals surface area contributed by atoms with E-state index in [0.29, 0.717) is 27.8 Å². The minimum absolute atomic E-state index is 0.0204. The Kier molecular flexibility index (Phi) is 8.14.